The average Bonchev–Trinajstić information content (AvgIpc) is 3.20. The molecule has 2 amide bonds. The Balaban J connectivity index is 1.36. The minimum Gasteiger partial charge on any atom is -0.361 e. The van der Waals surface area contributed by atoms with Crippen LogP contribution in [0.1, 0.15) is 42.1 Å². The van der Waals surface area contributed by atoms with Crippen molar-refractivity contribution in [3.8, 4) is 0 Å². The second-order valence-corrected chi connectivity index (χ2v) is 9.91. The summed E-state index contributed by atoms with van der Waals surface area (Å²) >= 11 is 0. The minimum atomic E-state index is -3.60. The van der Waals surface area contributed by atoms with Crippen molar-refractivity contribution in [1.29, 1.82) is 0 Å². The van der Waals surface area contributed by atoms with Crippen LogP contribution in [0.5, 0.6) is 0 Å². The van der Waals surface area contributed by atoms with Crippen LogP contribution >= 0.6 is 0 Å². The number of aromatic nitrogens is 1. The first-order valence-electron chi connectivity index (χ1n) is 10.6. The number of benzene rings is 2. The van der Waals surface area contributed by atoms with E-state index in [0.717, 1.165) is 35.7 Å². The van der Waals surface area contributed by atoms with Crippen molar-refractivity contribution in [2.24, 2.45) is 0 Å². The van der Waals surface area contributed by atoms with Crippen molar-refractivity contribution in [2.75, 3.05) is 6.54 Å². The van der Waals surface area contributed by atoms with E-state index in [0.29, 0.717) is 6.54 Å². The lowest BCUT2D eigenvalue weighted by Gasteiger charge is -2.32. The number of nitrogens with zero attached hydrogens (tertiary/aromatic N) is 1. The molecule has 0 radical (unpaired) electrons. The van der Waals surface area contributed by atoms with Gasteiger partial charge in [-0.1, -0.05) is 24.6 Å². The summed E-state index contributed by atoms with van der Waals surface area (Å²) in [7, 11) is -3.60. The number of para-hydroxylation sites is 1. The lowest BCUT2D eigenvalue weighted by atomic mass is 10.1. The predicted molar refractivity (Wildman–Crippen MR) is 121 cm³/mol. The number of hydrogen-bond donors (Lipinski definition) is 3. The summed E-state index contributed by atoms with van der Waals surface area (Å²) in [5.74, 6) is -0.881. The molecule has 0 spiro atoms. The lowest BCUT2D eigenvalue weighted by molar-refractivity contribution is -0.121. The molecule has 8 nitrogen and oxygen atoms in total. The molecule has 0 bridgehead atoms. The average molecular weight is 455 g/mol. The van der Waals surface area contributed by atoms with Crippen molar-refractivity contribution in [1.82, 2.24) is 20.1 Å². The van der Waals surface area contributed by atoms with Gasteiger partial charge in [0.05, 0.1) is 11.3 Å². The van der Waals surface area contributed by atoms with Gasteiger partial charge in [0.15, 0.2) is 0 Å². The Morgan fingerprint density at radius 3 is 2.56 bits per heavy atom. The van der Waals surface area contributed by atoms with Gasteiger partial charge < -0.3 is 4.98 Å². The van der Waals surface area contributed by atoms with E-state index in [1.807, 2.05) is 31.2 Å². The number of rotatable bonds is 5. The number of nitrogens with one attached hydrogen (secondary N) is 3. The molecule has 3 N–H and O–H groups in total. The first-order chi connectivity index (χ1) is 15.4. The molecule has 2 heterocycles. The second kappa shape index (κ2) is 9.13. The van der Waals surface area contributed by atoms with E-state index in [9.17, 15) is 18.0 Å². The summed E-state index contributed by atoms with van der Waals surface area (Å²) in [4.78, 5) is 27.9. The van der Waals surface area contributed by atoms with E-state index >= 15 is 0 Å². The summed E-state index contributed by atoms with van der Waals surface area (Å²) in [6, 6.07) is 13.4. The topological polar surface area (TPSA) is 111 Å². The summed E-state index contributed by atoms with van der Waals surface area (Å²) in [5, 5.41) is 0.953. The standard InChI is InChI=1S/C23H26N4O4S/c1-16-6-4-5-13-27(16)32(30,31)19-11-9-17(10-12-19)23(29)26-25-22(28)14-18-15-24-21-8-3-2-7-20(18)21/h2-3,7-12,15-16,24H,4-6,13-14H2,1H3,(H,25,28)(H,26,29). The Morgan fingerprint density at radius 1 is 1.06 bits per heavy atom. The van der Waals surface area contributed by atoms with Crippen LogP contribution in [-0.4, -0.2) is 42.1 Å². The quantitative estimate of drug-likeness (QED) is 0.515. The van der Waals surface area contributed by atoms with E-state index in [2.05, 4.69) is 15.8 Å². The molecule has 1 fully saturated rings. The summed E-state index contributed by atoms with van der Waals surface area (Å²) in [5.41, 5.74) is 6.81. The van der Waals surface area contributed by atoms with Crippen LogP contribution in [0.15, 0.2) is 59.6 Å². The van der Waals surface area contributed by atoms with E-state index in [4.69, 9.17) is 0 Å². The molecule has 1 saturated heterocycles. The van der Waals surface area contributed by atoms with Gasteiger partial charge in [-0.05, 0) is 55.7 Å². The molecule has 1 aliphatic rings. The van der Waals surface area contributed by atoms with E-state index in [1.165, 1.54) is 28.6 Å². The van der Waals surface area contributed by atoms with Gasteiger partial charge >= 0.3 is 0 Å². The predicted octanol–water partition coefficient (Wildman–Crippen LogP) is 2.73. The van der Waals surface area contributed by atoms with Crippen LogP contribution < -0.4 is 10.9 Å². The Labute approximate surface area is 187 Å². The van der Waals surface area contributed by atoms with Crippen molar-refractivity contribution >= 4 is 32.7 Å². The zero-order valence-corrected chi connectivity index (χ0v) is 18.6. The largest absolute Gasteiger partial charge is 0.361 e. The minimum absolute atomic E-state index is 0.0379. The van der Waals surface area contributed by atoms with Gasteiger partial charge in [-0.2, -0.15) is 4.31 Å². The van der Waals surface area contributed by atoms with Crippen LogP contribution in [0.4, 0.5) is 0 Å². The van der Waals surface area contributed by atoms with Gasteiger partial charge in [-0.3, -0.25) is 20.4 Å². The summed E-state index contributed by atoms with van der Waals surface area (Å²) in [6.07, 6.45) is 4.60. The SMILES string of the molecule is CC1CCCCN1S(=O)(=O)c1ccc(C(=O)NNC(=O)Cc2c[nH]c3ccccc23)cc1. The molecule has 32 heavy (non-hydrogen) atoms. The number of fused-ring (bicyclic) bond motifs is 1. The molecule has 1 unspecified atom stereocenters. The first-order valence-corrected chi connectivity index (χ1v) is 12.1. The highest BCUT2D eigenvalue weighted by molar-refractivity contribution is 7.89. The van der Waals surface area contributed by atoms with Crippen LogP contribution in [0.25, 0.3) is 10.9 Å². The van der Waals surface area contributed by atoms with Crippen molar-refractivity contribution in [2.45, 2.75) is 43.5 Å². The Kier molecular flexibility index (Phi) is 6.29. The number of sulfonamides is 1. The third-order valence-corrected chi connectivity index (χ3v) is 7.83. The van der Waals surface area contributed by atoms with Crippen LogP contribution in [0, 0.1) is 0 Å². The fraction of sp³-hybridized carbons (Fsp3) is 0.304. The number of hydrogen-bond acceptors (Lipinski definition) is 4. The van der Waals surface area contributed by atoms with Crippen LogP contribution in [0.2, 0.25) is 0 Å². The van der Waals surface area contributed by atoms with Gasteiger partial charge in [0.1, 0.15) is 0 Å². The molecule has 168 valence electrons. The fourth-order valence-corrected chi connectivity index (χ4v) is 5.74. The molecule has 1 aromatic heterocycles. The molecule has 0 saturated carbocycles. The van der Waals surface area contributed by atoms with E-state index < -0.39 is 15.9 Å². The van der Waals surface area contributed by atoms with Crippen molar-refractivity contribution < 1.29 is 18.0 Å². The fourth-order valence-electron chi connectivity index (χ4n) is 4.04. The smallest absolute Gasteiger partial charge is 0.269 e. The molecule has 1 aliphatic heterocycles. The number of carbonyl (C=O) groups is 2. The molecular formula is C23H26N4O4S. The Hall–Kier alpha value is -3.17. The summed E-state index contributed by atoms with van der Waals surface area (Å²) < 4.78 is 27.3. The molecule has 3 aromatic rings. The van der Waals surface area contributed by atoms with Gasteiger partial charge in [0.2, 0.25) is 15.9 Å². The van der Waals surface area contributed by atoms with Gasteiger partial charge in [0, 0.05) is 35.2 Å². The number of piperidine rings is 1. The zero-order valence-electron chi connectivity index (χ0n) is 17.8. The monoisotopic (exact) mass is 454 g/mol. The Morgan fingerprint density at radius 2 is 1.81 bits per heavy atom. The first kappa shape index (κ1) is 22.0. The number of aromatic amines is 1. The lowest BCUT2D eigenvalue weighted by Crippen LogP contribution is -2.42. The zero-order chi connectivity index (χ0) is 22.7. The van der Waals surface area contributed by atoms with Crippen molar-refractivity contribution in [3.63, 3.8) is 0 Å². The molecular weight excluding hydrogens is 428 g/mol. The molecule has 1 atom stereocenters. The highest BCUT2D eigenvalue weighted by atomic mass is 32.2. The molecule has 0 aliphatic carbocycles. The molecule has 4 rings (SSSR count). The highest BCUT2D eigenvalue weighted by Crippen LogP contribution is 2.25. The van der Waals surface area contributed by atoms with Gasteiger partial charge in [0.25, 0.3) is 5.91 Å². The molecule has 9 heteroatoms. The number of H-pyrrole nitrogens is 1. The van der Waals surface area contributed by atoms with Crippen molar-refractivity contribution in [3.05, 3.63) is 65.9 Å². The second-order valence-electron chi connectivity index (χ2n) is 8.02. The van der Waals surface area contributed by atoms with Crippen LogP contribution in [-0.2, 0) is 21.2 Å². The Bertz CT molecular complexity index is 1230. The third kappa shape index (κ3) is 4.53. The normalized spacial score (nSPS) is 17.2. The number of carbonyl (C=O) groups excluding carboxylic acids is 2. The highest BCUT2D eigenvalue weighted by Gasteiger charge is 2.30. The van der Waals surface area contributed by atoms with Crippen LogP contribution in [0.3, 0.4) is 0 Å². The number of hydrazine groups is 1. The van der Waals surface area contributed by atoms with E-state index in [-0.39, 0.29) is 28.8 Å². The third-order valence-electron chi connectivity index (χ3n) is 5.81. The summed E-state index contributed by atoms with van der Waals surface area (Å²) in [6.45, 7) is 2.42. The maximum atomic E-state index is 12.9. The van der Waals surface area contributed by atoms with E-state index in [1.54, 1.807) is 6.20 Å². The van der Waals surface area contributed by atoms with Gasteiger partial charge in [-0.25, -0.2) is 8.42 Å². The number of amides is 2. The van der Waals surface area contributed by atoms with Gasteiger partial charge in [-0.15, -0.1) is 0 Å². The molecule has 2 aromatic carbocycles. The maximum Gasteiger partial charge on any atom is 0.269 e. The maximum absolute atomic E-state index is 12.9.